The second-order valence-electron chi connectivity index (χ2n) is 4.90. The van der Waals surface area contributed by atoms with E-state index in [1.165, 1.54) is 5.56 Å². The van der Waals surface area contributed by atoms with Crippen molar-refractivity contribution in [2.75, 3.05) is 26.9 Å². The van der Waals surface area contributed by atoms with Crippen LogP contribution < -0.4 is 10.1 Å². The first-order valence-corrected chi connectivity index (χ1v) is 8.14. The maximum Gasteiger partial charge on any atom is 0.133 e. The first kappa shape index (κ1) is 17.5. The molecule has 1 rings (SSSR count). The van der Waals surface area contributed by atoms with Crippen LogP contribution in [0.1, 0.15) is 32.3 Å². The SMILES string of the molecule is CCCNC(COCCC)Cc1ccc(OC)c(Br)c1. The van der Waals surface area contributed by atoms with Crippen LogP contribution in [-0.2, 0) is 11.2 Å². The van der Waals surface area contributed by atoms with Gasteiger partial charge in [0.15, 0.2) is 0 Å². The average molecular weight is 344 g/mol. The molecule has 1 aromatic rings. The fourth-order valence-corrected chi connectivity index (χ4v) is 2.62. The Hall–Kier alpha value is -0.580. The number of methoxy groups -OCH3 is 1. The monoisotopic (exact) mass is 343 g/mol. The highest BCUT2D eigenvalue weighted by atomic mass is 79.9. The van der Waals surface area contributed by atoms with Crippen molar-refractivity contribution < 1.29 is 9.47 Å². The predicted octanol–water partition coefficient (Wildman–Crippen LogP) is 3.80. The van der Waals surface area contributed by atoms with Gasteiger partial charge in [0.1, 0.15) is 5.75 Å². The van der Waals surface area contributed by atoms with Crippen molar-refractivity contribution in [3.8, 4) is 5.75 Å². The van der Waals surface area contributed by atoms with E-state index in [4.69, 9.17) is 9.47 Å². The smallest absolute Gasteiger partial charge is 0.133 e. The molecule has 0 fully saturated rings. The minimum absolute atomic E-state index is 0.363. The molecule has 0 saturated carbocycles. The predicted molar refractivity (Wildman–Crippen MR) is 87.6 cm³/mol. The van der Waals surface area contributed by atoms with Gasteiger partial charge in [-0.3, -0.25) is 0 Å². The zero-order valence-corrected chi connectivity index (χ0v) is 14.3. The van der Waals surface area contributed by atoms with Gasteiger partial charge in [0, 0.05) is 12.6 Å². The number of nitrogens with one attached hydrogen (secondary N) is 1. The minimum Gasteiger partial charge on any atom is -0.496 e. The second-order valence-corrected chi connectivity index (χ2v) is 5.75. The van der Waals surface area contributed by atoms with Crippen LogP contribution in [0, 0.1) is 0 Å². The van der Waals surface area contributed by atoms with Crippen molar-refractivity contribution in [2.24, 2.45) is 0 Å². The summed E-state index contributed by atoms with van der Waals surface area (Å²) in [6, 6.07) is 6.61. The Kier molecular flexibility index (Phi) is 8.90. The van der Waals surface area contributed by atoms with Gasteiger partial charge >= 0.3 is 0 Å². The molecule has 0 radical (unpaired) electrons. The molecule has 1 unspecified atom stereocenters. The van der Waals surface area contributed by atoms with E-state index < -0.39 is 0 Å². The van der Waals surface area contributed by atoms with Crippen molar-refractivity contribution in [3.05, 3.63) is 28.2 Å². The highest BCUT2D eigenvalue weighted by Gasteiger charge is 2.10. The van der Waals surface area contributed by atoms with Crippen LogP contribution in [0.25, 0.3) is 0 Å². The van der Waals surface area contributed by atoms with Crippen LogP contribution in [0.5, 0.6) is 5.75 Å². The van der Waals surface area contributed by atoms with E-state index in [9.17, 15) is 0 Å². The Morgan fingerprint density at radius 3 is 2.65 bits per heavy atom. The van der Waals surface area contributed by atoms with Crippen LogP contribution >= 0.6 is 15.9 Å². The molecule has 0 aromatic heterocycles. The van der Waals surface area contributed by atoms with Crippen LogP contribution in [0.4, 0.5) is 0 Å². The molecule has 0 spiro atoms. The third-order valence-corrected chi connectivity index (χ3v) is 3.67. The summed E-state index contributed by atoms with van der Waals surface area (Å²) in [6.07, 6.45) is 3.16. The molecular weight excluding hydrogens is 318 g/mol. The highest BCUT2D eigenvalue weighted by Crippen LogP contribution is 2.26. The highest BCUT2D eigenvalue weighted by molar-refractivity contribution is 9.10. The van der Waals surface area contributed by atoms with Gasteiger partial charge in [0.25, 0.3) is 0 Å². The lowest BCUT2D eigenvalue weighted by molar-refractivity contribution is 0.111. The van der Waals surface area contributed by atoms with Gasteiger partial charge in [-0.1, -0.05) is 19.9 Å². The lowest BCUT2D eigenvalue weighted by atomic mass is 10.1. The average Bonchev–Trinajstić information content (AvgIpc) is 2.45. The second kappa shape index (κ2) is 10.2. The van der Waals surface area contributed by atoms with E-state index in [1.807, 2.05) is 6.07 Å². The summed E-state index contributed by atoms with van der Waals surface area (Å²) < 4.78 is 12.0. The molecule has 1 atom stereocenters. The molecule has 0 saturated heterocycles. The van der Waals surface area contributed by atoms with E-state index >= 15 is 0 Å². The summed E-state index contributed by atoms with van der Waals surface area (Å²) in [5.74, 6) is 0.869. The van der Waals surface area contributed by atoms with E-state index in [0.717, 1.165) is 49.2 Å². The first-order valence-electron chi connectivity index (χ1n) is 7.34. The van der Waals surface area contributed by atoms with Gasteiger partial charge in [-0.2, -0.15) is 0 Å². The normalized spacial score (nSPS) is 12.4. The molecule has 0 bridgehead atoms. The Bertz CT molecular complexity index is 385. The summed E-state index contributed by atoms with van der Waals surface area (Å²) in [6.45, 7) is 6.93. The number of hydrogen-bond acceptors (Lipinski definition) is 3. The largest absolute Gasteiger partial charge is 0.496 e. The standard InChI is InChI=1S/C16H26BrNO2/c1-4-8-18-14(12-20-9-5-2)10-13-6-7-16(19-3)15(17)11-13/h6-7,11,14,18H,4-5,8-10,12H2,1-3H3. The van der Waals surface area contributed by atoms with E-state index in [-0.39, 0.29) is 0 Å². The summed E-state index contributed by atoms with van der Waals surface area (Å²) in [4.78, 5) is 0. The van der Waals surface area contributed by atoms with Crippen molar-refractivity contribution >= 4 is 15.9 Å². The van der Waals surface area contributed by atoms with Gasteiger partial charge in [0.2, 0.25) is 0 Å². The van der Waals surface area contributed by atoms with E-state index in [1.54, 1.807) is 7.11 Å². The summed E-state index contributed by atoms with van der Waals surface area (Å²) >= 11 is 3.54. The summed E-state index contributed by atoms with van der Waals surface area (Å²) in [5, 5.41) is 3.55. The van der Waals surface area contributed by atoms with Gasteiger partial charge in [-0.25, -0.2) is 0 Å². The molecule has 0 amide bonds. The molecule has 20 heavy (non-hydrogen) atoms. The van der Waals surface area contributed by atoms with Crippen LogP contribution in [0.3, 0.4) is 0 Å². The number of hydrogen-bond donors (Lipinski definition) is 1. The van der Waals surface area contributed by atoms with Gasteiger partial charge in [-0.15, -0.1) is 0 Å². The summed E-state index contributed by atoms with van der Waals surface area (Å²) in [5.41, 5.74) is 1.28. The van der Waals surface area contributed by atoms with Crippen molar-refractivity contribution in [1.29, 1.82) is 0 Å². The summed E-state index contributed by atoms with van der Waals surface area (Å²) in [7, 11) is 1.68. The van der Waals surface area contributed by atoms with Gasteiger partial charge in [0.05, 0.1) is 18.2 Å². The number of ether oxygens (including phenoxy) is 2. The van der Waals surface area contributed by atoms with Crippen LogP contribution in [-0.4, -0.2) is 32.9 Å². The maximum absolute atomic E-state index is 5.69. The molecule has 3 nitrogen and oxygen atoms in total. The Labute approximate surface area is 131 Å². The lowest BCUT2D eigenvalue weighted by Crippen LogP contribution is -2.36. The zero-order valence-electron chi connectivity index (χ0n) is 12.7. The van der Waals surface area contributed by atoms with Crippen molar-refractivity contribution in [3.63, 3.8) is 0 Å². The molecule has 0 aliphatic heterocycles. The molecule has 0 heterocycles. The minimum atomic E-state index is 0.363. The van der Waals surface area contributed by atoms with Gasteiger partial charge in [-0.05, 0) is 59.4 Å². The fraction of sp³-hybridized carbons (Fsp3) is 0.625. The topological polar surface area (TPSA) is 30.5 Å². The van der Waals surface area contributed by atoms with Crippen LogP contribution in [0.2, 0.25) is 0 Å². The lowest BCUT2D eigenvalue weighted by Gasteiger charge is -2.19. The molecule has 0 aliphatic rings. The quantitative estimate of drug-likeness (QED) is 0.655. The Morgan fingerprint density at radius 2 is 2.05 bits per heavy atom. The molecule has 114 valence electrons. The first-order chi connectivity index (χ1) is 9.71. The third kappa shape index (κ3) is 6.25. The zero-order chi connectivity index (χ0) is 14.8. The van der Waals surface area contributed by atoms with Crippen molar-refractivity contribution in [1.82, 2.24) is 5.32 Å². The molecular formula is C16H26BrNO2. The van der Waals surface area contributed by atoms with E-state index in [0.29, 0.717) is 6.04 Å². The number of halogens is 1. The number of benzene rings is 1. The molecule has 0 aliphatic carbocycles. The Balaban J connectivity index is 2.60. The maximum atomic E-state index is 5.69. The number of rotatable bonds is 10. The third-order valence-electron chi connectivity index (χ3n) is 3.05. The van der Waals surface area contributed by atoms with Gasteiger partial charge < -0.3 is 14.8 Å². The molecule has 1 aromatic carbocycles. The Morgan fingerprint density at radius 1 is 1.25 bits per heavy atom. The van der Waals surface area contributed by atoms with Crippen molar-refractivity contribution in [2.45, 2.75) is 39.2 Å². The fourth-order valence-electron chi connectivity index (χ4n) is 2.03. The van der Waals surface area contributed by atoms with Crippen LogP contribution in [0.15, 0.2) is 22.7 Å². The molecule has 4 heteroatoms. The van der Waals surface area contributed by atoms with E-state index in [2.05, 4.69) is 47.2 Å². The molecule has 1 N–H and O–H groups in total.